The van der Waals surface area contributed by atoms with Gasteiger partial charge in [-0.1, -0.05) is 11.6 Å². The number of carbonyl (C=O) groups excluding carboxylic acids is 1. The average molecular weight is 195 g/mol. The number of Topliss-reactive ketones (excluding diaryl/α,β-unsaturated/α-hetero) is 1. The Balaban J connectivity index is 2.11. The van der Waals surface area contributed by atoms with Crippen molar-refractivity contribution in [1.29, 1.82) is 0 Å². The molecule has 1 atom stereocenters. The lowest BCUT2D eigenvalue weighted by Crippen LogP contribution is -2.27. The number of nitrogens with one attached hydrogen (secondary N) is 1. The maximum absolute atomic E-state index is 10.9. The van der Waals surface area contributed by atoms with Crippen LogP contribution in [0.5, 0.6) is 0 Å². The molecule has 1 aliphatic heterocycles. The molecule has 0 spiro atoms. The predicted molar refractivity (Wildman–Crippen MR) is 48.9 cm³/mol. The molecule has 1 fully saturated rings. The van der Waals surface area contributed by atoms with Gasteiger partial charge >= 0.3 is 0 Å². The van der Waals surface area contributed by atoms with Crippen molar-refractivity contribution in [2.24, 2.45) is 0 Å². The predicted octanol–water partition coefficient (Wildman–Crippen LogP) is 1.09. The molecule has 0 saturated carbocycles. The Bertz CT molecular complexity index is 329. The maximum atomic E-state index is 10.9. The van der Waals surface area contributed by atoms with Gasteiger partial charge in [-0.25, -0.2) is 0 Å². The lowest BCUT2D eigenvalue weighted by atomic mass is 10.0. The molecule has 2 heterocycles. The van der Waals surface area contributed by atoms with Crippen LogP contribution in [0, 0.1) is 0 Å². The van der Waals surface area contributed by atoms with Crippen LogP contribution in [0.4, 0.5) is 0 Å². The van der Waals surface area contributed by atoms with E-state index in [4.69, 9.17) is 4.52 Å². The van der Waals surface area contributed by atoms with E-state index in [2.05, 4.69) is 15.5 Å². The zero-order valence-corrected chi connectivity index (χ0v) is 8.12. The number of hydrogen-bond acceptors (Lipinski definition) is 5. The summed E-state index contributed by atoms with van der Waals surface area (Å²) in [6.07, 6.45) is 3.37. The van der Waals surface area contributed by atoms with E-state index in [1.807, 2.05) is 0 Å². The first kappa shape index (κ1) is 9.33. The Kier molecular flexibility index (Phi) is 2.58. The Morgan fingerprint density at radius 2 is 2.43 bits per heavy atom. The van der Waals surface area contributed by atoms with Crippen LogP contribution in [-0.4, -0.2) is 22.5 Å². The SMILES string of the molecule is CC(=O)c1nc(C2CCCCN2)no1. The van der Waals surface area contributed by atoms with E-state index in [0.29, 0.717) is 5.82 Å². The summed E-state index contributed by atoms with van der Waals surface area (Å²) >= 11 is 0. The quantitative estimate of drug-likeness (QED) is 0.715. The van der Waals surface area contributed by atoms with E-state index < -0.39 is 0 Å². The molecule has 0 aromatic carbocycles. The van der Waals surface area contributed by atoms with Gasteiger partial charge in [0.25, 0.3) is 5.89 Å². The minimum Gasteiger partial charge on any atom is -0.331 e. The van der Waals surface area contributed by atoms with E-state index >= 15 is 0 Å². The van der Waals surface area contributed by atoms with E-state index in [0.717, 1.165) is 13.0 Å². The highest BCUT2D eigenvalue weighted by atomic mass is 16.5. The van der Waals surface area contributed by atoms with Crippen LogP contribution in [0.1, 0.15) is 48.7 Å². The van der Waals surface area contributed by atoms with Gasteiger partial charge in [-0.2, -0.15) is 4.98 Å². The molecule has 1 saturated heterocycles. The van der Waals surface area contributed by atoms with E-state index in [-0.39, 0.29) is 17.7 Å². The summed E-state index contributed by atoms with van der Waals surface area (Å²) in [6.45, 7) is 2.40. The molecule has 1 N–H and O–H groups in total. The van der Waals surface area contributed by atoms with Gasteiger partial charge in [0, 0.05) is 6.92 Å². The van der Waals surface area contributed by atoms with Crippen molar-refractivity contribution in [3.63, 3.8) is 0 Å². The van der Waals surface area contributed by atoms with Gasteiger partial charge in [-0.3, -0.25) is 4.79 Å². The van der Waals surface area contributed by atoms with Crippen molar-refractivity contribution < 1.29 is 9.32 Å². The molecule has 2 rings (SSSR count). The largest absolute Gasteiger partial charge is 0.331 e. The molecule has 0 amide bonds. The zero-order chi connectivity index (χ0) is 9.97. The molecule has 0 bridgehead atoms. The van der Waals surface area contributed by atoms with Gasteiger partial charge in [0.05, 0.1) is 6.04 Å². The highest BCUT2D eigenvalue weighted by Gasteiger charge is 2.21. The topological polar surface area (TPSA) is 68.0 Å². The smallest absolute Gasteiger partial charge is 0.293 e. The van der Waals surface area contributed by atoms with E-state index in [9.17, 15) is 4.79 Å². The molecule has 5 heteroatoms. The van der Waals surface area contributed by atoms with Crippen LogP contribution >= 0.6 is 0 Å². The van der Waals surface area contributed by atoms with Gasteiger partial charge < -0.3 is 9.84 Å². The highest BCUT2D eigenvalue weighted by molar-refractivity contribution is 5.89. The number of piperidine rings is 1. The first-order chi connectivity index (χ1) is 6.77. The molecule has 14 heavy (non-hydrogen) atoms. The monoisotopic (exact) mass is 195 g/mol. The molecule has 0 radical (unpaired) electrons. The normalized spacial score (nSPS) is 22.2. The molecular weight excluding hydrogens is 182 g/mol. The van der Waals surface area contributed by atoms with Crippen molar-refractivity contribution in [2.45, 2.75) is 32.2 Å². The number of carbonyl (C=O) groups is 1. The molecular formula is C9H13N3O2. The van der Waals surface area contributed by atoms with Crippen LogP contribution in [0.2, 0.25) is 0 Å². The molecule has 76 valence electrons. The highest BCUT2D eigenvalue weighted by Crippen LogP contribution is 2.20. The summed E-state index contributed by atoms with van der Waals surface area (Å²) in [7, 11) is 0. The van der Waals surface area contributed by atoms with Crippen molar-refractivity contribution in [3.8, 4) is 0 Å². The van der Waals surface area contributed by atoms with Gasteiger partial charge in [-0.05, 0) is 19.4 Å². The first-order valence-corrected chi connectivity index (χ1v) is 4.85. The second kappa shape index (κ2) is 3.88. The summed E-state index contributed by atoms with van der Waals surface area (Å²) in [4.78, 5) is 15.0. The third-order valence-electron chi connectivity index (χ3n) is 2.36. The minimum atomic E-state index is -0.181. The Hall–Kier alpha value is -1.23. The van der Waals surface area contributed by atoms with Crippen LogP contribution in [0.25, 0.3) is 0 Å². The van der Waals surface area contributed by atoms with Crippen molar-refractivity contribution in [2.75, 3.05) is 6.54 Å². The number of aromatic nitrogens is 2. The molecule has 1 aliphatic rings. The molecule has 0 aliphatic carbocycles. The number of nitrogens with zero attached hydrogens (tertiary/aromatic N) is 2. The lowest BCUT2D eigenvalue weighted by Gasteiger charge is -2.19. The molecule has 1 aromatic rings. The van der Waals surface area contributed by atoms with E-state index in [1.54, 1.807) is 0 Å². The fraction of sp³-hybridized carbons (Fsp3) is 0.667. The Labute approximate surface area is 81.9 Å². The molecule has 5 nitrogen and oxygen atoms in total. The molecule has 1 aromatic heterocycles. The summed E-state index contributed by atoms with van der Waals surface area (Å²) in [5, 5.41) is 7.08. The van der Waals surface area contributed by atoms with Crippen LogP contribution in [0.3, 0.4) is 0 Å². The second-order valence-corrected chi connectivity index (χ2v) is 3.52. The summed E-state index contributed by atoms with van der Waals surface area (Å²) in [5.41, 5.74) is 0. The number of hydrogen-bond donors (Lipinski definition) is 1. The fourth-order valence-electron chi connectivity index (χ4n) is 1.59. The van der Waals surface area contributed by atoms with E-state index in [1.165, 1.54) is 19.8 Å². The first-order valence-electron chi connectivity index (χ1n) is 4.85. The van der Waals surface area contributed by atoms with Gasteiger partial charge in [0.2, 0.25) is 5.78 Å². The Morgan fingerprint density at radius 1 is 1.57 bits per heavy atom. The standard InChI is InChI=1S/C9H13N3O2/c1-6(13)9-11-8(12-14-9)7-4-2-3-5-10-7/h7,10H,2-5H2,1H3. The van der Waals surface area contributed by atoms with Crippen molar-refractivity contribution in [1.82, 2.24) is 15.5 Å². The Morgan fingerprint density at radius 3 is 3.00 bits per heavy atom. The summed E-state index contributed by atoms with van der Waals surface area (Å²) in [6, 6.07) is 0.153. The van der Waals surface area contributed by atoms with Crippen molar-refractivity contribution in [3.05, 3.63) is 11.7 Å². The van der Waals surface area contributed by atoms with Crippen molar-refractivity contribution >= 4 is 5.78 Å². The minimum absolute atomic E-state index is 0.104. The van der Waals surface area contributed by atoms with Gasteiger partial charge in [-0.15, -0.1) is 0 Å². The van der Waals surface area contributed by atoms with Crippen LogP contribution < -0.4 is 5.32 Å². The average Bonchev–Trinajstić information content (AvgIpc) is 2.68. The van der Waals surface area contributed by atoms with Gasteiger partial charge in [0.1, 0.15) is 0 Å². The van der Waals surface area contributed by atoms with Gasteiger partial charge in [0.15, 0.2) is 5.82 Å². The van der Waals surface area contributed by atoms with Crippen LogP contribution in [0.15, 0.2) is 4.52 Å². The third kappa shape index (κ3) is 1.82. The zero-order valence-electron chi connectivity index (χ0n) is 8.12. The summed E-state index contributed by atoms with van der Waals surface area (Å²) < 4.78 is 4.83. The van der Waals surface area contributed by atoms with Crippen LogP contribution in [-0.2, 0) is 0 Å². The number of rotatable bonds is 2. The number of ketones is 1. The lowest BCUT2D eigenvalue weighted by molar-refractivity contribution is 0.0972. The molecule has 1 unspecified atom stereocenters. The second-order valence-electron chi connectivity index (χ2n) is 3.52. The summed E-state index contributed by atoms with van der Waals surface area (Å²) in [5.74, 6) is 0.529. The maximum Gasteiger partial charge on any atom is 0.293 e. The fourth-order valence-corrected chi connectivity index (χ4v) is 1.59. The third-order valence-corrected chi connectivity index (χ3v) is 2.36.